The summed E-state index contributed by atoms with van der Waals surface area (Å²) in [5.41, 5.74) is 4.53. The molecule has 2 aromatic rings. The molecule has 0 radical (unpaired) electrons. The molecular weight excluding hydrogens is 326 g/mol. The van der Waals surface area contributed by atoms with E-state index in [0.29, 0.717) is 0 Å². The molecule has 5 heteroatoms. The van der Waals surface area contributed by atoms with Crippen molar-refractivity contribution in [3.05, 3.63) is 56.8 Å². The molecule has 0 saturated carbocycles. The van der Waals surface area contributed by atoms with Crippen molar-refractivity contribution in [2.24, 2.45) is 0 Å². The third kappa shape index (κ3) is 3.40. The Bertz CT molecular complexity index is 872. The van der Waals surface area contributed by atoms with Crippen LogP contribution >= 0.6 is 0 Å². The van der Waals surface area contributed by atoms with Crippen molar-refractivity contribution in [2.75, 3.05) is 13.1 Å². The zero-order chi connectivity index (χ0) is 18.3. The van der Waals surface area contributed by atoms with Crippen LogP contribution in [-0.4, -0.2) is 34.1 Å². The molecule has 4 rings (SSSR count). The number of benzene rings is 1. The topological polar surface area (TPSA) is 58.2 Å². The average Bonchev–Trinajstić information content (AvgIpc) is 2.84. The van der Waals surface area contributed by atoms with Crippen molar-refractivity contribution in [1.29, 1.82) is 0 Å². The van der Waals surface area contributed by atoms with Gasteiger partial charge in [0, 0.05) is 44.0 Å². The van der Waals surface area contributed by atoms with Crippen molar-refractivity contribution < 1.29 is 4.74 Å². The van der Waals surface area contributed by atoms with Gasteiger partial charge < -0.3 is 9.72 Å². The monoisotopic (exact) mass is 353 g/mol. The number of nitrogens with one attached hydrogen (secondary N) is 1. The van der Waals surface area contributed by atoms with E-state index in [2.05, 4.69) is 48.9 Å². The van der Waals surface area contributed by atoms with Gasteiger partial charge in [0.2, 0.25) is 0 Å². The van der Waals surface area contributed by atoms with Crippen molar-refractivity contribution in [1.82, 2.24) is 14.9 Å². The number of ether oxygens (including phenoxy) is 1. The molecule has 0 fully saturated rings. The molecule has 2 aliphatic rings. The molecule has 3 heterocycles. The second kappa shape index (κ2) is 6.88. The van der Waals surface area contributed by atoms with E-state index in [9.17, 15) is 4.79 Å². The van der Waals surface area contributed by atoms with Crippen molar-refractivity contribution in [3.8, 4) is 5.75 Å². The van der Waals surface area contributed by atoms with Gasteiger partial charge in [-0.15, -0.1) is 0 Å². The fourth-order valence-corrected chi connectivity index (χ4v) is 3.94. The van der Waals surface area contributed by atoms with Crippen molar-refractivity contribution in [2.45, 2.75) is 58.6 Å². The van der Waals surface area contributed by atoms with Crippen LogP contribution in [0.1, 0.15) is 54.9 Å². The van der Waals surface area contributed by atoms with E-state index in [1.54, 1.807) is 0 Å². The Balaban J connectivity index is 1.49. The van der Waals surface area contributed by atoms with E-state index >= 15 is 0 Å². The summed E-state index contributed by atoms with van der Waals surface area (Å²) in [6, 6.07) is 6.54. The Kier molecular flexibility index (Phi) is 4.57. The van der Waals surface area contributed by atoms with Crippen LogP contribution in [-0.2, 0) is 25.8 Å². The van der Waals surface area contributed by atoms with Crippen LogP contribution in [0.5, 0.6) is 5.75 Å². The molecule has 1 N–H and O–H groups in total. The maximum Gasteiger partial charge on any atom is 0.254 e. The van der Waals surface area contributed by atoms with Gasteiger partial charge >= 0.3 is 0 Å². The normalized spacial score (nSPS) is 19.8. The molecule has 1 aromatic carbocycles. The molecule has 0 amide bonds. The third-order valence-corrected chi connectivity index (χ3v) is 5.38. The van der Waals surface area contributed by atoms with Crippen LogP contribution in [0.2, 0.25) is 0 Å². The quantitative estimate of drug-likeness (QED) is 0.922. The van der Waals surface area contributed by atoms with Gasteiger partial charge in [-0.25, -0.2) is 4.98 Å². The molecule has 0 spiro atoms. The largest absolute Gasteiger partial charge is 0.490 e. The van der Waals surface area contributed by atoms with Crippen LogP contribution in [0.25, 0.3) is 0 Å². The average molecular weight is 353 g/mol. The van der Waals surface area contributed by atoms with E-state index in [1.807, 2.05) is 0 Å². The highest BCUT2D eigenvalue weighted by molar-refractivity contribution is 5.40. The van der Waals surface area contributed by atoms with Gasteiger partial charge in [-0.1, -0.05) is 26.0 Å². The van der Waals surface area contributed by atoms with Gasteiger partial charge in [-0.05, 0) is 30.5 Å². The number of nitrogens with zero attached hydrogens (tertiary/aromatic N) is 2. The highest BCUT2D eigenvalue weighted by Crippen LogP contribution is 2.29. The standard InChI is InChI=1S/C21H27N3O2/c1-13(2)20-22-18-7-9-24(8-6-17(18)21(25)23-20)12-15-4-5-19-16(11-15)10-14(3)26-19/h4-5,11,13-14H,6-10,12H2,1-3H3,(H,22,23,25)/t14-/m0/s1. The minimum absolute atomic E-state index is 0.0456. The Morgan fingerprint density at radius 2 is 2.12 bits per heavy atom. The lowest BCUT2D eigenvalue weighted by Crippen LogP contribution is -2.26. The number of hydrogen-bond donors (Lipinski definition) is 1. The molecule has 5 nitrogen and oxygen atoms in total. The molecule has 0 aliphatic carbocycles. The predicted molar refractivity (Wildman–Crippen MR) is 102 cm³/mol. The minimum atomic E-state index is 0.0456. The van der Waals surface area contributed by atoms with Crippen LogP contribution in [0.15, 0.2) is 23.0 Å². The van der Waals surface area contributed by atoms with Crippen molar-refractivity contribution >= 4 is 0 Å². The zero-order valence-corrected chi connectivity index (χ0v) is 15.8. The molecule has 138 valence electrons. The third-order valence-electron chi connectivity index (χ3n) is 5.38. The smallest absolute Gasteiger partial charge is 0.254 e. The van der Waals surface area contributed by atoms with Gasteiger partial charge in [0.05, 0.1) is 5.69 Å². The Labute approximate surface area is 154 Å². The Hall–Kier alpha value is -2.14. The number of aromatic nitrogens is 2. The Morgan fingerprint density at radius 3 is 2.92 bits per heavy atom. The van der Waals surface area contributed by atoms with Gasteiger partial charge in [-0.2, -0.15) is 0 Å². The van der Waals surface area contributed by atoms with E-state index in [4.69, 9.17) is 9.72 Å². The number of aromatic amines is 1. The van der Waals surface area contributed by atoms with Gasteiger partial charge in [0.15, 0.2) is 0 Å². The Morgan fingerprint density at radius 1 is 1.31 bits per heavy atom. The first kappa shape index (κ1) is 17.3. The molecule has 1 aromatic heterocycles. The summed E-state index contributed by atoms with van der Waals surface area (Å²) in [4.78, 5) is 22.6. The van der Waals surface area contributed by atoms with E-state index < -0.39 is 0 Å². The lowest BCUT2D eigenvalue weighted by molar-refractivity contribution is 0.254. The zero-order valence-electron chi connectivity index (χ0n) is 15.8. The first-order chi connectivity index (χ1) is 12.5. The van der Waals surface area contributed by atoms with Crippen LogP contribution in [0.3, 0.4) is 0 Å². The summed E-state index contributed by atoms with van der Waals surface area (Å²) >= 11 is 0. The highest BCUT2D eigenvalue weighted by Gasteiger charge is 2.22. The fraction of sp³-hybridized carbons (Fsp3) is 0.524. The number of hydrogen-bond acceptors (Lipinski definition) is 4. The van der Waals surface area contributed by atoms with E-state index in [-0.39, 0.29) is 17.6 Å². The summed E-state index contributed by atoms with van der Waals surface area (Å²) in [5.74, 6) is 2.07. The molecule has 1 atom stereocenters. The number of H-pyrrole nitrogens is 1. The molecule has 0 saturated heterocycles. The lowest BCUT2D eigenvalue weighted by Gasteiger charge is -2.19. The first-order valence-corrected chi connectivity index (χ1v) is 9.62. The molecule has 0 bridgehead atoms. The second-order valence-corrected chi connectivity index (χ2v) is 7.88. The molecule has 2 aliphatic heterocycles. The predicted octanol–water partition coefficient (Wildman–Crippen LogP) is 2.82. The first-order valence-electron chi connectivity index (χ1n) is 9.62. The summed E-state index contributed by atoms with van der Waals surface area (Å²) in [7, 11) is 0. The minimum Gasteiger partial charge on any atom is -0.490 e. The lowest BCUT2D eigenvalue weighted by atomic mass is 10.1. The molecule has 26 heavy (non-hydrogen) atoms. The molecular formula is C21H27N3O2. The SMILES string of the molecule is CC(C)c1nc2c(c(=O)[nH]1)CCN(Cc1ccc3c(c1)C[C@H](C)O3)CC2. The summed E-state index contributed by atoms with van der Waals surface area (Å²) in [6.45, 7) is 8.97. The maximum absolute atomic E-state index is 12.4. The second-order valence-electron chi connectivity index (χ2n) is 7.88. The highest BCUT2D eigenvalue weighted by atomic mass is 16.5. The van der Waals surface area contributed by atoms with E-state index in [1.165, 1.54) is 11.1 Å². The fourth-order valence-electron chi connectivity index (χ4n) is 3.94. The number of fused-ring (bicyclic) bond motifs is 2. The summed E-state index contributed by atoms with van der Waals surface area (Å²) in [6.07, 6.45) is 2.87. The van der Waals surface area contributed by atoms with E-state index in [0.717, 1.165) is 61.7 Å². The summed E-state index contributed by atoms with van der Waals surface area (Å²) in [5, 5.41) is 0. The van der Waals surface area contributed by atoms with Crippen LogP contribution in [0, 0.1) is 0 Å². The maximum atomic E-state index is 12.4. The summed E-state index contributed by atoms with van der Waals surface area (Å²) < 4.78 is 5.80. The van der Waals surface area contributed by atoms with Crippen LogP contribution in [0.4, 0.5) is 0 Å². The van der Waals surface area contributed by atoms with Gasteiger partial charge in [0.25, 0.3) is 5.56 Å². The molecule has 0 unspecified atom stereocenters. The number of rotatable bonds is 3. The van der Waals surface area contributed by atoms with Crippen LogP contribution < -0.4 is 10.3 Å². The van der Waals surface area contributed by atoms with Gasteiger partial charge in [-0.3, -0.25) is 9.69 Å². The van der Waals surface area contributed by atoms with Gasteiger partial charge in [0.1, 0.15) is 17.7 Å². The van der Waals surface area contributed by atoms with Crippen molar-refractivity contribution in [3.63, 3.8) is 0 Å².